The van der Waals surface area contributed by atoms with Crippen LogP contribution in [0.4, 0.5) is 16.0 Å². The Labute approximate surface area is 177 Å². The average molecular weight is 418 g/mol. The molecular weight excluding hydrogens is 399 g/mol. The highest BCUT2D eigenvalue weighted by Gasteiger charge is 2.17. The summed E-state index contributed by atoms with van der Waals surface area (Å²) in [6.07, 6.45) is 1.51. The van der Waals surface area contributed by atoms with Crippen LogP contribution in [0, 0.1) is 12.7 Å². The Kier molecular flexibility index (Phi) is 5.36. The van der Waals surface area contributed by atoms with Crippen molar-refractivity contribution in [3.8, 4) is 22.7 Å². The van der Waals surface area contributed by atoms with E-state index < -0.39 is 5.97 Å². The lowest BCUT2D eigenvalue weighted by Crippen LogP contribution is -2.09. The number of hydrogen-bond donors (Lipinski definition) is 2. The van der Waals surface area contributed by atoms with Gasteiger partial charge in [-0.25, -0.2) is 18.9 Å². The number of nitrogens with one attached hydrogen (secondary N) is 1. The van der Waals surface area contributed by atoms with Crippen LogP contribution >= 0.6 is 0 Å². The Hall–Kier alpha value is -4.20. The highest BCUT2D eigenvalue weighted by atomic mass is 19.1. The molecule has 4 aromatic rings. The fourth-order valence-electron chi connectivity index (χ4n) is 3.16. The number of halogens is 1. The summed E-state index contributed by atoms with van der Waals surface area (Å²) in [5.41, 5.74) is 2.99. The van der Waals surface area contributed by atoms with Crippen molar-refractivity contribution in [2.75, 3.05) is 12.4 Å². The number of ether oxygens (including phenoxy) is 1. The molecule has 2 aromatic heterocycles. The van der Waals surface area contributed by atoms with Gasteiger partial charge in [0.15, 0.2) is 0 Å². The SMILES string of the molecule is COc1ccc(C)c(-n2nc(-c3ccc(F)cc3)cc2Nc2ncccc2C(=O)O)c1. The standard InChI is InChI=1S/C23H19FN4O3/c1-14-5-10-17(31-2)12-20(14)28-21(26-22-18(23(29)30)4-3-11-25-22)13-19(27-28)15-6-8-16(24)9-7-15/h3-13H,1-2H3,(H,25,26)(H,29,30). The van der Waals surface area contributed by atoms with Crippen molar-refractivity contribution in [1.29, 1.82) is 0 Å². The van der Waals surface area contributed by atoms with E-state index in [9.17, 15) is 14.3 Å². The molecule has 0 bridgehead atoms. The molecule has 2 N–H and O–H groups in total. The summed E-state index contributed by atoms with van der Waals surface area (Å²) in [5.74, 6) is -0.114. The van der Waals surface area contributed by atoms with E-state index in [1.165, 1.54) is 24.4 Å². The van der Waals surface area contributed by atoms with Gasteiger partial charge in [0.25, 0.3) is 0 Å². The molecule has 7 nitrogen and oxygen atoms in total. The zero-order chi connectivity index (χ0) is 22.0. The molecule has 0 amide bonds. The minimum atomic E-state index is -1.10. The zero-order valence-corrected chi connectivity index (χ0v) is 16.8. The lowest BCUT2D eigenvalue weighted by atomic mass is 10.1. The summed E-state index contributed by atoms with van der Waals surface area (Å²) in [7, 11) is 1.58. The van der Waals surface area contributed by atoms with E-state index >= 15 is 0 Å². The molecule has 0 saturated heterocycles. The van der Waals surface area contributed by atoms with Gasteiger partial charge in [-0.05, 0) is 55.0 Å². The second-order valence-electron chi connectivity index (χ2n) is 6.82. The summed E-state index contributed by atoms with van der Waals surface area (Å²) < 4.78 is 20.4. The molecule has 2 heterocycles. The first-order chi connectivity index (χ1) is 15.0. The maximum atomic E-state index is 13.4. The van der Waals surface area contributed by atoms with Crippen LogP contribution in [0.15, 0.2) is 66.9 Å². The Morgan fingerprint density at radius 3 is 2.61 bits per heavy atom. The van der Waals surface area contributed by atoms with Gasteiger partial charge in [-0.3, -0.25) is 0 Å². The van der Waals surface area contributed by atoms with Gasteiger partial charge < -0.3 is 15.2 Å². The minimum absolute atomic E-state index is 0.0287. The maximum Gasteiger partial charge on any atom is 0.339 e. The summed E-state index contributed by atoms with van der Waals surface area (Å²) in [4.78, 5) is 15.8. The van der Waals surface area contributed by atoms with Crippen LogP contribution in [0.5, 0.6) is 5.75 Å². The van der Waals surface area contributed by atoms with Crippen LogP contribution in [0.1, 0.15) is 15.9 Å². The lowest BCUT2D eigenvalue weighted by Gasteiger charge is -2.13. The smallest absolute Gasteiger partial charge is 0.339 e. The molecule has 0 radical (unpaired) electrons. The average Bonchev–Trinajstić information content (AvgIpc) is 3.18. The molecule has 0 aliphatic carbocycles. The number of anilines is 2. The van der Waals surface area contributed by atoms with Crippen molar-refractivity contribution < 1.29 is 19.0 Å². The molecule has 2 aromatic carbocycles. The second kappa shape index (κ2) is 8.27. The Morgan fingerprint density at radius 1 is 1.13 bits per heavy atom. The fourth-order valence-corrected chi connectivity index (χ4v) is 3.16. The third-order valence-electron chi connectivity index (χ3n) is 4.78. The topological polar surface area (TPSA) is 89.3 Å². The van der Waals surface area contributed by atoms with Gasteiger partial charge in [0, 0.05) is 23.9 Å². The van der Waals surface area contributed by atoms with E-state index in [-0.39, 0.29) is 17.2 Å². The number of carboxylic acid groups (broad SMARTS) is 1. The van der Waals surface area contributed by atoms with Crippen molar-refractivity contribution in [1.82, 2.24) is 14.8 Å². The largest absolute Gasteiger partial charge is 0.497 e. The van der Waals surface area contributed by atoms with Crippen molar-refractivity contribution in [2.24, 2.45) is 0 Å². The van der Waals surface area contributed by atoms with Crippen LogP contribution in [-0.4, -0.2) is 33.0 Å². The van der Waals surface area contributed by atoms with Gasteiger partial charge in [0.2, 0.25) is 0 Å². The first kappa shape index (κ1) is 20.1. The van der Waals surface area contributed by atoms with Gasteiger partial charge in [-0.15, -0.1) is 0 Å². The van der Waals surface area contributed by atoms with E-state index in [2.05, 4.69) is 15.4 Å². The minimum Gasteiger partial charge on any atom is -0.497 e. The van der Waals surface area contributed by atoms with Gasteiger partial charge >= 0.3 is 5.97 Å². The molecule has 0 unspecified atom stereocenters. The number of pyridine rings is 1. The van der Waals surface area contributed by atoms with Crippen molar-refractivity contribution in [3.63, 3.8) is 0 Å². The molecule has 0 fully saturated rings. The number of hydrogen-bond acceptors (Lipinski definition) is 5. The number of nitrogens with zero attached hydrogens (tertiary/aromatic N) is 3. The Bertz CT molecular complexity index is 1250. The molecule has 0 atom stereocenters. The Morgan fingerprint density at radius 2 is 1.90 bits per heavy atom. The molecular formula is C23H19FN4O3. The lowest BCUT2D eigenvalue weighted by molar-refractivity contribution is 0.0697. The summed E-state index contributed by atoms with van der Waals surface area (Å²) in [6, 6.07) is 16.3. The number of rotatable bonds is 6. The highest BCUT2D eigenvalue weighted by Crippen LogP contribution is 2.30. The second-order valence-corrected chi connectivity index (χ2v) is 6.82. The maximum absolute atomic E-state index is 13.4. The molecule has 0 saturated carbocycles. The van der Waals surface area contributed by atoms with E-state index in [4.69, 9.17) is 4.74 Å². The van der Waals surface area contributed by atoms with Gasteiger partial charge in [-0.1, -0.05) is 6.07 Å². The third-order valence-corrected chi connectivity index (χ3v) is 4.78. The monoisotopic (exact) mass is 418 g/mol. The number of aromatic nitrogens is 3. The van der Waals surface area contributed by atoms with Crippen LogP contribution < -0.4 is 10.1 Å². The van der Waals surface area contributed by atoms with Gasteiger partial charge in [-0.2, -0.15) is 5.10 Å². The molecule has 31 heavy (non-hydrogen) atoms. The summed E-state index contributed by atoms with van der Waals surface area (Å²) in [5, 5.41) is 17.3. The zero-order valence-electron chi connectivity index (χ0n) is 16.8. The van der Waals surface area contributed by atoms with Gasteiger partial charge in [0.05, 0.1) is 18.5 Å². The first-order valence-corrected chi connectivity index (χ1v) is 9.42. The molecule has 156 valence electrons. The number of benzene rings is 2. The third kappa shape index (κ3) is 4.09. The highest BCUT2D eigenvalue weighted by molar-refractivity contribution is 5.93. The summed E-state index contributed by atoms with van der Waals surface area (Å²) in [6.45, 7) is 1.93. The molecule has 8 heteroatoms. The predicted molar refractivity (Wildman–Crippen MR) is 115 cm³/mol. The van der Waals surface area contributed by atoms with E-state index in [0.717, 1.165) is 11.3 Å². The molecule has 4 rings (SSSR count). The fraction of sp³-hybridized carbons (Fsp3) is 0.0870. The summed E-state index contributed by atoms with van der Waals surface area (Å²) >= 11 is 0. The number of carboxylic acids is 1. The van der Waals surface area contributed by atoms with Crippen LogP contribution in [0.25, 0.3) is 16.9 Å². The Balaban J connectivity index is 1.87. The van der Waals surface area contributed by atoms with Crippen molar-refractivity contribution in [3.05, 3.63) is 83.8 Å². The quantitative estimate of drug-likeness (QED) is 0.466. The number of carbonyl (C=O) groups is 1. The van der Waals surface area contributed by atoms with Gasteiger partial charge in [0.1, 0.15) is 28.8 Å². The normalized spacial score (nSPS) is 10.7. The van der Waals surface area contributed by atoms with E-state index in [0.29, 0.717) is 22.8 Å². The number of aromatic carboxylic acids is 1. The van der Waals surface area contributed by atoms with Crippen molar-refractivity contribution >= 4 is 17.6 Å². The van der Waals surface area contributed by atoms with E-state index in [1.807, 2.05) is 25.1 Å². The molecule has 0 spiro atoms. The van der Waals surface area contributed by atoms with Crippen LogP contribution in [-0.2, 0) is 0 Å². The van der Waals surface area contributed by atoms with Crippen LogP contribution in [0.3, 0.4) is 0 Å². The molecule has 0 aliphatic heterocycles. The van der Waals surface area contributed by atoms with Crippen molar-refractivity contribution in [2.45, 2.75) is 6.92 Å². The van der Waals surface area contributed by atoms with E-state index in [1.54, 1.807) is 36.1 Å². The molecule has 0 aliphatic rings. The number of methoxy groups -OCH3 is 1. The first-order valence-electron chi connectivity index (χ1n) is 9.42. The number of aryl methyl sites for hydroxylation is 1. The predicted octanol–water partition coefficient (Wildman–Crippen LogP) is 4.83. The van der Waals surface area contributed by atoms with Crippen LogP contribution in [0.2, 0.25) is 0 Å².